The second kappa shape index (κ2) is 3.86. The van der Waals surface area contributed by atoms with Crippen LogP contribution in [0.3, 0.4) is 0 Å². The van der Waals surface area contributed by atoms with Gasteiger partial charge in [-0.05, 0) is 30.2 Å². The zero-order valence-corrected chi connectivity index (χ0v) is 10.3. The van der Waals surface area contributed by atoms with Gasteiger partial charge in [-0.25, -0.2) is 0 Å². The smallest absolute Gasteiger partial charge is 0.209 e. The van der Waals surface area contributed by atoms with Gasteiger partial charge >= 0.3 is 0 Å². The van der Waals surface area contributed by atoms with Crippen molar-refractivity contribution in [2.45, 2.75) is 25.7 Å². The van der Waals surface area contributed by atoms with E-state index < -0.39 is 0 Å². The molecule has 1 aliphatic carbocycles. The molecular formula is C15H19NO. The van der Waals surface area contributed by atoms with Crippen LogP contribution in [-0.2, 0) is 4.79 Å². The maximum atomic E-state index is 10.6. The van der Waals surface area contributed by atoms with Crippen LogP contribution in [0, 0.1) is 11.3 Å². The van der Waals surface area contributed by atoms with Crippen LogP contribution in [0.15, 0.2) is 30.3 Å². The predicted molar refractivity (Wildman–Crippen MR) is 67.7 cm³/mol. The lowest BCUT2D eigenvalue weighted by molar-refractivity contribution is -0.142. The van der Waals surface area contributed by atoms with Crippen LogP contribution >= 0.6 is 0 Å². The summed E-state index contributed by atoms with van der Waals surface area (Å²) in [5.74, 6) is 1.47. The summed E-state index contributed by atoms with van der Waals surface area (Å²) in [6.07, 6.45) is 3.58. The quantitative estimate of drug-likeness (QED) is 0.730. The highest BCUT2D eigenvalue weighted by Gasteiger charge is 2.53. The molecule has 3 rings (SSSR count). The van der Waals surface area contributed by atoms with E-state index in [1.807, 2.05) is 4.90 Å². The lowest BCUT2D eigenvalue weighted by atomic mass is 9.54. The van der Waals surface area contributed by atoms with Crippen LogP contribution in [-0.4, -0.2) is 24.4 Å². The van der Waals surface area contributed by atoms with Crippen LogP contribution in [0.1, 0.15) is 31.2 Å². The van der Waals surface area contributed by atoms with Gasteiger partial charge in [0.25, 0.3) is 0 Å². The van der Waals surface area contributed by atoms with Gasteiger partial charge in [-0.15, -0.1) is 0 Å². The van der Waals surface area contributed by atoms with Crippen LogP contribution in [0.4, 0.5) is 0 Å². The number of nitrogens with zero attached hydrogens (tertiary/aromatic N) is 1. The summed E-state index contributed by atoms with van der Waals surface area (Å²) in [5.41, 5.74) is 1.95. The largest absolute Gasteiger partial charge is 0.344 e. The van der Waals surface area contributed by atoms with E-state index >= 15 is 0 Å². The lowest BCUT2D eigenvalue weighted by Crippen LogP contribution is -2.62. The number of benzene rings is 1. The summed E-state index contributed by atoms with van der Waals surface area (Å²) in [4.78, 5) is 12.5. The van der Waals surface area contributed by atoms with Crippen molar-refractivity contribution in [2.24, 2.45) is 11.3 Å². The van der Waals surface area contributed by atoms with Gasteiger partial charge < -0.3 is 4.90 Å². The number of likely N-dealkylation sites (tertiary alicyclic amines) is 1. The number of carbonyl (C=O) groups excluding carboxylic acids is 1. The van der Waals surface area contributed by atoms with E-state index in [4.69, 9.17) is 0 Å². The second-order valence-electron chi connectivity index (χ2n) is 5.88. The number of hydrogen-bond acceptors (Lipinski definition) is 1. The average Bonchev–Trinajstić information content (AvgIpc) is 2.27. The Labute approximate surface area is 103 Å². The molecule has 1 saturated carbocycles. The van der Waals surface area contributed by atoms with Crippen LogP contribution in [0.2, 0.25) is 0 Å². The minimum absolute atomic E-state index is 0.495. The topological polar surface area (TPSA) is 20.3 Å². The van der Waals surface area contributed by atoms with E-state index in [2.05, 4.69) is 37.3 Å². The van der Waals surface area contributed by atoms with Gasteiger partial charge in [0.1, 0.15) is 0 Å². The van der Waals surface area contributed by atoms with E-state index in [1.54, 1.807) is 0 Å². The Hall–Kier alpha value is -1.31. The number of hydrogen-bond donors (Lipinski definition) is 0. The molecule has 1 aliphatic heterocycles. The third-order valence-corrected chi connectivity index (χ3v) is 4.65. The van der Waals surface area contributed by atoms with Gasteiger partial charge in [0.2, 0.25) is 6.41 Å². The molecule has 1 atom stereocenters. The van der Waals surface area contributed by atoms with Gasteiger partial charge in [0.15, 0.2) is 0 Å². The molecule has 2 aliphatic rings. The third-order valence-electron chi connectivity index (χ3n) is 4.65. The second-order valence-corrected chi connectivity index (χ2v) is 5.88. The summed E-state index contributed by atoms with van der Waals surface area (Å²) in [6, 6.07) is 10.8. The zero-order valence-electron chi connectivity index (χ0n) is 10.3. The molecule has 1 amide bonds. The van der Waals surface area contributed by atoms with Gasteiger partial charge in [-0.1, -0.05) is 37.3 Å². The van der Waals surface area contributed by atoms with E-state index in [9.17, 15) is 4.79 Å². The molecule has 2 heteroatoms. The fourth-order valence-corrected chi connectivity index (χ4v) is 3.58. The standard InChI is InChI=1S/C15H19NO/c1-12(13-5-3-2-4-6-13)14-7-15(8-14)9-16(10-15)11-17/h2-6,11-12,14H,7-10H2,1H3. The molecule has 2 fully saturated rings. The minimum Gasteiger partial charge on any atom is -0.344 e. The molecule has 1 aromatic rings. The summed E-state index contributed by atoms with van der Waals surface area (Å²) < 4.78 is 0. The minimum atomic E-state index is 0.495. The molecule has 17 heavy (non-hydrogen) atoms. The van der Waals surface area contributed by atoms with Crippen LogP contribution < -0.4 is 0 Å². The Bertz CT molecular complexity index is 400. The Morgan fingerprint density at radius 3 is 2.53 bits per heavy atom. The van der Waals surface area contributed by atoms with Crippen LogP contribution in [0.5, 0.6) is 0 Å². The maximum Gasteiger partial charge on any atom is 0.209 e. The van der Waals surface area contributed by atoms with E-state index in [1.165, 1.54) is 18.4 Å². The maximum absolute atomic E-state index is 10.6. The van der Waals surface area contributed by atoms with E-state index in [-0.39, 0.29) is 0 Å². The normalized spacial score (nSPS) is 23.9. The number of carbonyl (C=O) groups is 1. The Morgan fingerprint density at radius 2 is 1.94 bits per heavy atom. The zero-order chi connectivity index (χ0) is 11.9. The summed E-state index contributed by atoms with van der Waals surface area (Å²) >= 11 is 0. The molecule has 2 nitrogen and oxygen atoms in total. The number of amides is 1. The van der Waals surface area contributed by atoms with Crippen molar-refractivity contribution in [3.8, 4) is 0 Å². The number of rotatable bonds is 3. The predicted octanol–water partition coefficient (Wildman–Crippen LogP) is 2.66. The van der Waals surface area contributed by atoms with Gasteiger partial charge in [0, 0.05) is 18.5 Å². The highest BCUT2D eigenvalue weighted by molar-refractivity contribution is 5.49. The molecule has 1 spiro atoms. The molecule has 0 N–H and O–H groups in total. The molecule has 0 radical (unpaired) electrons. The molecule has 1 aromatic carbocycles. The van der Waals surface area contributed by atoms with E-state index in [0.717, 1.165) is 25.4 Å². The Morgan fingerprint density at radius 1 is 1.29 bits per heavy atom. The van der Waals surface area contributed by atoms with E-state index in [0.29, 0.717) is 11.3 Å². The highest BCUT2D eigenvalue weighted by atomic mass is 16.1. The van der Waals surface area contributed by atoms with Crippen LogP contribution in [0.25, 0.3) is 0 Å². The first-order valence-electron chi connectivity index (χ1n) is 6.47. The fraction of sp³-hybridized carbons (Fsp3) is 0.533. The summed E-state index contributed by atoms with van der Waals surface area (Å²) in [7, 11) is 0. The fourth-order valence-electron chi connectivity index (χ4n) is 3.58. The first-order chi connectivity index (χ1) is 8.22. The Balaban J connectivity index is 1.58. The van der Waals surface area contributed by atoms with Crippen molar-refractivity contribution in [3.63, 3.8) is 0 Å². The van der Waals surface area contributed by atoms with Crippen molar-refractivity contribution < 1.29 is 4.79 Å². The lowest BCUT2D eigenvalue weighted by Gasteiger charge is -2.59. The van der Waals surface area contributed by atoms with Gasteiger partial charge in [-0.2, -0.15) is 0 Å². The average molecular weight is 229 g/mol. The molecule has 1 heterocycles. The molecule has 1 unspecified atom stereocenters. The molecule has 1 saturated heterocycles. The highest BCUT2D eigenvalue weighted by Crippen LogP contribution is 2.55. The van der Waals surface area contributed by atoms with Gasteiger partial charge in [0.05, 0.1) is 0 Å². The monoisotopic (exact) mass is 229 g/mol. The SMILES string of the molecule is CC(c1ccccc1)C1CC2(C1)CN(C=O)C2. The first-order valence-corrected chi connectivity index (χ1v) is 6.47. The first kappa shape index (κ1) is 10.8. The summed E-state index contributed by atoms with van der Waals surface area (Å²) in [6.45, 7) is 4.33. The summed E-state index contributed by atoms with van der Waals surface area (Å²) in [5, 5.41) is 0. The van der Waals surface area contributed by atoms with Gasteiger partial charge in [-0.3, -0.25) is 4.79 Å². The van der Waals surface area contributed by atoms with Crippen molar-refractivity contribution >= 4 is 6.41 Å². The third kappa shape index (κ3) is 1.76. The van der Waals surface area contributed by atoms with Crippen molar-refractivity contribution in [1.82, 2.24) is 4.90 Å². The molecule has 0 aromatic heterocycles. The Kier molecular flexibility index (Phi) is 2.46. The molecular weight excluding hydrogens is 210 g/mol. The van der Waals surface area contributed by atoms with Crippen molar-refractivity contribution in [3.05, 3.63) is 35.9 Å². The molecule has 90 valence electrons. The molecule has 0 bridgehead atoms. The van der Waals surface area contributed by atoms with Crippen molar-refractivity contribution in [2.75, 3.05) is 13.1 Å². The van der Waals surface area contributed by atoms with Crippen molar-refractivity contribution in [1.29, 1.82) is 0 Å².